The number of hydrogen-bond donors (Lipinski definition) is 2. The number of ether oxygens (including phenoxy) is 2. The summed E-state index contributed by atoms with van der Waals surface area (Å²) in [5, 5.41) is 6.56. The lowest BCUT2D eigenvalue weighted by Crippen LogP contribution is -2.46. The van der Waals surface area contributed by atoms with Crippen LogP contribution in [0.1, 0.15) is 18.1 Å². The van der Waals surface area contributed by atoms with Crippen LogP contribution in [-0.4, -0.2) is 64.0 Å². The van der Waals surface area contributed by atoms with E-state index >= 15 is 0 Å². The third kappa shape index (κ3) is 6.63. The zero-order valence-corrected chi connectivity index (χ0v) is 21.6. The maximum Gasteiger partial charge on any atom is 0.231 e. The average Bonchev–Trinajstić information content (AvgIpc) is 3.29. The normalized spacial score (nSPS) is 15.8. The number of rotatable bonds is 7. The molecular weight excluding hydrogens is 536 g/mol. The summed E-state index contributed by atoms with van der Waals surface area (Å²) in [6.07, 6.45) is 0.825. The highest BCUT2D eigenvalue weighted by atomic mass is 127. The van der Waals surface area contributed by atoms with Crippen molar-refractivity contribution < 1.29 is 13.9 Å². The van der Waals surface area contributed by atoms with Gasteiger partial charge in [-0.1, -0.05) is 19.1 Å². The van der Waals surface area contributed by atoms with Gasteiger partial charge in [-0.15, -0.1) is 24.0 Å². The number of guanidine groups is 1. The van der Waals surface area contributed by atoms with Gasteiger partial charge in [0, 0.05) is 46.3 Å². The summed E-state index contributed by atoms with van der Waals surface area (Å²) in [6, 6.07) is 11.5. The number of aliphatic imine (C=N–C) groups is 1. The number of anilines is 1. The lowest BCUT2D eigenvalue weighted by atomic mass is 10.1. The van der Waals surface area contributed by atoms with Gasteiger partial charge in [0.15, 0.2) is 17.5 Å². The van der Waals surface area contributed by atoms with Crippen molar-refractivity contribution >= 4 is 35.6 Å². The minimum Gasteiger partial charge on any atom is -0.454 e. The van der Waals surface area contributed by atoms with Crippen LogP contribution in [0.15, 0.2) is 41.4 Å². The smallest absolute Gasteiger partial charge is 0.231 e. The van der Waals surface area contributed by atoms with E-state index < -0.39 is 0 Å². The molecular formula is C24H33FIN5O2. The third-order valence-corrected chi connectivity index (χ3v) is 6.00. The van der Waals surface area contributed by atoms with E-state index in [1.54, 1.807) is 13.1 Å². The van der Waals surface area contributed by atoms with Crippen molar-refractivity contribution in [1.82, 2.24) is 15.5 Å². The standard InChI is InChI=1S/C24H32FN5O2.HI/c1-3-29-10-12-30(13-11-29)21-6-4-19(14-20(21)25)16-28-24(26-2)27-9-8-18-5-7-22-23(15-18)32-17-31-22;/h4-7,14-15H,3,8-13,16-17H2,1-2H3,(H2,26,27,28);1H. The SMILES string of the molecule is CCN1CCN(c2ccc(CNC(=NC)NCCc3ccc4c(c3)OCO4)cc2F)CC1.I. The van der Waals surface area contributed by atoms with Gasteiger partial charge in [-0.3, -0.25) is 4.99 Å². The molecule has 2 N–H and O–H groups in total. The highest BCUT2D eigenvalue weighted by molar-refractivity contribution is 14.0. The van der Waals surface area contributed by atoms with E-state index in [4.69, 9.17) is 9.47 Å². The van der Waals surface area contributed by atoms with Crippen LogP contribution >= 0.6 is 24.0 Å². The second kappa shape index (κ2) is 12.3. The molecule has 1 fully saturated rings. The summed E-state index contributed by atoms with van der Waals surface area (Å²) in [4.78, 5) is 8.78. The van der Waals surface area contributed by atoms with Crippen LogP contribution in [-0.2, 0) is 13.0 Å². The molecule has 180 valence electrons. The zero-order chi connectivity index (χ0) is 22.3. The quantitative estimate of drug-likeness (QED) is 0.304. The van der Waals surface area contributed by atoms with Crippen LogP contribution < -0.4 is 25.0 Å². The molecule has 33 heavy (non-hydrogen) atoms. The van der Waals surface area contributed by atoms with E-state index in [9.17, 15) is 4.39 Å². The van der Waals surface area contributed by atoms with E-state index in [1.165, 1.54) is 0 Å². The van der Waals surface area contributed by atoms with Gasteiger partial charge in [-0.25, -0.2) is 4.39 Å². The fourth-order valence-electron chi connectivity index (χ4n) is 4.05. The fourth-order valence-corrected chi connectivity index (χ4v) is 4.05. The Morgan fingerprint density at radius 1 is 1.00 bits per heavy atom. The second-order valence-corrected chi connectivity index (χ2v) is 8.00. The molecule has 0 aliphatic carbocycles. The summed E-state index contributed by atoms with van der Waals surface area (Å²) in [7, 11) is 1.73. The lowest BCUT2D eigenvalue weighted by Gasteiger charge is -2.35. The summed E-state index contributed by atoms with van der Waals surface area (Å²) in [5.74, 6) is 2.11. The number of hydrogen-bond acceptors (Lipinski definition) is 5. The highest BCUT2D eigenvalue weighted by Gasteiger charge is 2.18. The van der Waals surface area contributed by atoms with Crippen LogP contribution in [0.4, 0.5) is 10.1 Å². The van der Waals surface area contributed by atoms with Gasteiger partial charge in [0.1, 0.15) is 5.82 Å². The molecule has 0 amide bonds. The Balaban J connectivity index is 0.00000306. The van der Waals surface area contributed by atoms with Crippen molar-refractivity contribution in [2.24, 2.45) is 4.99 Å². The summed E-state index contributed by atoms with van der Waals surface area (Å²) in [5.41, 5.74) is 2.74. The summed E-state index contributed by atoms with van der Waals surface area (Å²) in [6.45, 7) is 8.40. The molecule has 1 saturated heterocycles. The molecule has 0 aromatic heterocycles. The molecule has 0 atom stereocenters. The van der Waals surface area contributed by atoms with Crippen LogP contribution in [0.3, 0.4) is 0 Å². The first-order valence-corrected chi connectivity index (χ1v) is 11.2. The molecule has 2 aromatic rings. The molecule has 2 aliphatic heterocycles. The van der Waals surface area contributed by atoms with E-state index in [1.807, 2.05) is 30.3 Å². The Labute approximate surface area is 212 Å². The Kier molecular flexibility index (Phi) is 9.42. The molecule has 2 heterocycles. The summed E-state index contributed by atoms with van der Waals surface area (Å²) < 4.78 is 25.5. The van der Waals surface area contributed by atoms with Gasteiger partial charge in [0.05, 0.1) is 5.69 Å². The van der Waals surface area contributed by atoms with Crippen LogP contribution in [0.5, 0.6) is 11.5 Å². The first kappa shape index (κ1) is 25.4. The average molecular weight is 569 g/mol. The predicted octanol–water partition coefficient (Wildman–Crippen LogP) is 3.22. The van der Waals surface area contributed by atoms with Gasteiger partial charge < -0.3 is 29.9 Å². The van der Waals surface area contributed by atoms with Crippen LogP contribution in [0, 0.1) is 5.82 Å². The van der Waals surface area contributed by atoms with Gasteiger partial charge >= 0.3 is 0 Å². The van der Waals surface area contributed by atoms with E-state index in [0.717, 1.165) is 68.3 Å². The Hall–Kier alpha value is -2.27. The van der Waals surface area contributed by atoms with Crippen molar-refractivity contribution in [1.29, 1.82) is 0 Å². The molecule has 4 rings (SSSR count). The topological polar surface area (TPSA) is 61.4 Å². The van der Waals surface area contributed by atoms with Crippen molar-refractivity contribution in [3.8, 4) is 11.5 Å². The first-order valence-electron chi connectivity index (χ1n) is 11.2. The number of halogens is 2. The zero-order valence-electron chi connectivity index (χ0n) is 19.3. The molecule has 2 aliphatic rings. The van der Waals surface area contributed by atoms with E-state index in [0.29, 0.717) is 18.2 Å². The number of nitrogens with zero attached hydrogens (tertiary/aromatic N) is 3. The Morgan fingerprint density at radius 2 is 1.76 bits per heavy atom. The van der Waals surface area contributed by atoms with Crippen molar-refractivity contribution in [2.45, 2.75) is 19.9 Å². The molecule has 0 spiro atoms. The largest absolute Gasteiger partial charge is 0.454 e. The molecule has 7 nitrogen and oxygen atoms in total. The second-order valence-electron chi connectivity index (χ2n) is 8.00. The van der Waals surface area contributed by atoms with Crippen molar-refractivity contribution in [3.05, 3.63) is 53.3 Å². The maximum absolute atomic E-state index is 14.8. The van der Waals surface area contributed by atoms with Crippen LogP contribution in [0.2, 0.25) is 0 Å². The molecule has 0 unspecified atom stereocenters. The van der Waals surface area contributed by atoms with Gasteiger partial charge in [0.2, 0.25) is 6.79 Å². The molecule has 0 bridgehead atoms. The number of fused-ring (bicyclic) bond motifs is 1. The van der Waals surface area contributed by atoms with Gasteiger partial charge in [-0.05, 0) is 48.4 Å². The van der Waals surface area contributed by atoms with Crippen LogP contribution in [0.25, 0.3) is 0 Å². The van der Waals surface area contributed by atoms with Crippen molar-refractivity contribution in [2.75, 3.05) is 58.0 Å². The lowest BCUT2D eigenvalue weighted by molar-refractivity contribution is 0.174. The predicted molar refractivity (Wildman–Crippen MR) is 141 cm³/mol. The van der Waals surface area contributed by atoms with E-state index in [-0.39, 0.29) is 36.6 Å². The fraction of sp³-hybridized carbons (Fsp3) is 0.458. The number of nitrogens with one attached hydrogen (secondary N) is 2. The molecule has 0 radical (unpaired) electrons. The first-order chi connectivity index (χ1) is 15.7. The third-order valence-electron chi connectivity index (χ3n) is 6.00. The number of benzene rings is 2. The Bertz CT molecular complexity index is 950. The summed E-state index contributed by atoms with van der Waals surface area (Å²) >= 11 is 0. The number of piperazine rings is 1. The van der Waals surface area contributed by atoms with E-state index in [2.05, 4.69) is 32.3 Å². The molecule has 2 aromatic carbocycles. The maximum atomic E-state index is 14.8. The minimum atomic E-state index is -0.167. The van der Waals surface area contributed by atoms with Gasteiger partial charge in [-0.2, -0.15) is 0 Å². The minimum absolute atomic E-state index is 0. The molecule has 0 saturated carbocycles. The molecule has 9 heteroatoms. The monoisotopic (exact) mass is 569 g/mol. The number of likely N-dealkylation sites (N-methyl/N-ethyl adjacent to an activating group) is 1. The highest BCUT2D eigenvalue weighted by Crippen LogP contribution is 2.32. The Morgan fingerprint density at radius 3 is 2.48 bits per heavy atom. The van der Waals surface area contributed by atoms with Gasteiger partial charge in [0.25, 0.3) is 0 Å². The van der Waals surface area contributed by atoms with Crippen molar-refractivity contribution in [3.63, 3.8) is 0 Å².